The number of hydrogen-bond acceptors (Lipinski definition) is 6. The summed E-state index contributed by atoms with van der Waals surface area (Å²) >= 11 is 0. The van der Waals surface area contributed by atoms with E-state index in [1.807, 2.05) is 24.3 Å². The fourth-order valence-corrected chi connectivity index (χ4v) is 3.10. The van der Waals surface area contributed by atoms with Crippen LogP contribution in [-0.4, -0.2) is 60.0 Å². The Morgan fingerprint density at radius 2 is 1.90 bits per heavy atom. The summed E-state index contributed by atoms with van der Waals surface area (Å²) in [7, 11) is 5.79. The molecule has 0 unspecified atom stereocenters. The van der Waals surface area contributed by atoms with Gasteiger partial charge in [-0.15, -0.1) is 0 Å². The van der Waals surface area contributed by atoms with Gasteiger partial charge in [0.1, 0.15) is 5.82 Å². The summed E-state index contributed by atoms with van der Waals surface area (Å²) in [5.41, 5.74) is 1.89. The van der Waals surface area contributed by atoms with Crippen LogP contribution >= 0.6 is 0 Å². The van der Waals surface area contributed by atoms with Gasteiger partial charge in [0.05, 0.1) is 23.7 Å². The lowest BCUT2D eigenvalue weighted by Gasteiger charge is -2.18. The van der Waals surface area contributed by atoms with Crippen LogP contribution in [0.5, 0.6) is 0 Å². The van der Waals surface area contributed by atoms with E-state index in [1.165, 1.54) is 4.90 Å². The van der Waals surface area contributed by atoms with Crippen molar-refractivity contribution in [2.45, 2.75) is 13.0 Å². The average molecular weight is 418 g/mol. The highest BCUT2D eigenvalue weighted by atomic mass is 16.2. The summed E-state index contributed by atoms with van der Waals surface area (Å²) in [6.45, 7) is 2.03. The largest absolute Gasteiger partial charge is 0.369 e. The number of para-hydroxylation sites is 1. The molecular formula is C23H27N7O. The molecule has 0 radical (unpaired) electrons. The number of carbonyl (C=O) groups is 1. The van der Waals surface area contributed by atoms with Gasteiger partial charge in [-0.25, -0.2) is 14.8 Å². The number of nitriles is 1. The lowest BCUT2D eigenvalue weighted by atomic mass is 10.2. The van der Waals surface area contributed by atoms with Gasteiger partial charge in [-0.3, -0.25) is 0 Å². The first-order valence-corrected chi connectivity index (χ1v) is 10.1. The first-order chi connectivity index (χ1) is 15.0. The number of carbonyl (C=O) groups excluding carboxylic acids is 1. The van der Waals surface area contributed by atoms with Gasteiger partial charge in [0, 0.05) is 24.7 Å². The van der Waals surface area contributed by atoms with Crippen molar-refractivity contribution in [3.05, 3.63) is 59.9 Å². The van der Waals surface area contributed by atoms with Crippen molar-refractivity contribution in [3.63, 3.8) is 0 Å². The Kier molecular flexibility index (Phi) is 7.35. The van der Waals surface area contributed by atoms with Crippen LogP contribution in [0.15, 0.2) is 48.5 Å². The summed E-state index contributed by atoms with van der Waals surface area (Å²) in [5, 5.41) is 16.2. The van der Waals surface area contributed by atoms with E-state index < -0.39 is 0 Å². The topological polar surface area (TPSA) is 97.2 Å². The minimum atomic E-state index is -0.299. The molecule has 0 saturated carbocycles. The first-order valence-electron chi connectivity index (χ1n) is 10.1. The maximum atomic E-state index is 12.6. The molecule has 0 saturated heterocycles. The molecule has 2 aromatic carbocycles. The second kappa shape index (κ2) is 10.4. The molecule has 3 aromatic rings. The summed E-state index contributed by atoms with van der Waals surface area (Å²) in [4.78, 5) is 25.6. The molecule has 2 amide bonds. The van der Waals surface area contributed by atoms with Crippen LogP contribution in [0.1, 0.15) is 17.8 Å². The quantitative estimate of drug-likeness (QED) is 0.544. The van der Waals surface area contributed by atoms with Crippen molar-refractivity contribution in [2.24, 2.45) is 0 Å². The standard InChI is InChI=1S/C23H27N7O/c1-29(2)13-7-12-25-22-19-10-4-5-11-20(19)27-21(28-22)16-30(3)23(31)26-18-9-6-8-17(14-18)15-24/h4-6,8-11,14H,7,12-13,16H2,1-3H3,(H,26,31)(H,25,27,28). The highest BCUT2D eigenvalue weighted by molar-refractivity contribution is 5.90. The molecule has 160 valence electrons. The molecule has 0 bridgehead atoms. The average Bonchev–Trinajstić information content (AvgIpc) is 2.76. The number of hydrogen-bond donors (Lipinski definition) is 2. The third-order valence-electron chi connectivity index (χ3n) is 4.69. The predicted octanol–water partition coefficient (Wildman–Crippen LogP) is 3.53. The van der Waals surface area contributed by atoms with Gasteiger partial charge in [0.25, 0.3) is 0 Å². The van der Waals surface area contributed by atoms with Gasteiger partial charge in [-0.05, 0) is 57.4 Å². The van der Waals surface area contributed by atoms with Crippen molar-refractivity contribution in [1.82, 2.24) is 19.8 Å². The van der Waals surface area contributed by atoms with Crippen LogP contribution in [0.3, 0.4) is 0 Å². The number of fused-ring (bicyclic) bond motifs is 1. The lowest BCUT2D eigenvalue weighted by molar-refractivity contribution is 0.219. The summed E-state index contributed by atoms with van der Waals surface area (Å²) in [5.74, 6) is 1.33. The maximum absolute atomic E-state index is 12.6. The van der Waals surface area contributed by atoms with Gasteiger partial charge >= 0.3 is 6.03 Å². The van der Waals surface area contributed by atoms with Crippen LogP contribution in [0, 0.1) is 11.3 Å². The van der Waals surface area contributed by atoms with Crippen LogP contribution < -0.4 is 10.6 Å². The minimum absolute atomic E-state index is 0.251. The lowest BCUT2D eigenvalue weighted by Crippen LogP contribution is -2.31. The van der Waals surface area contributed by atoms with Crippen LogP contribution in [0.4, 0.5) is 16.3 Å². The highest BCUT2D eigenvalue weighted by Gasteiger charge is 2.14. The number of aromatic nitrogens is 2. The number of urea groups is 1. The Bertz CT molecular complexity index is 1090. The van der Waals surface area contributed by atoms with E-state index in [1.54, 1.807) is 31.3 Å². The third-order valence-corrected chi connectivity index (χ3v) is 4.69. The molecule has 0 aliphatic heterocycles. The predicted molar refractivity (Wildman–Crippen MR) is 123 cm³/mol. The second-order valence-corrected chi connectivity index (χ2v) is 7.57. The number of rotatable bonds is 8. The monoisotopic (exact) mass is 417 g/mol. The number of benzene rings is 2. The molecule has 0 atom stereocenters. The zero-order valence-electron chi connectivity index (χ0n) is 18.1. The normalized spacial score (nSPS) is 10.7. The van der Waals surface area contributed by atoms with Gasteiger partial charge in [0.2, 0.25) is 0 Å². The summed E-state index contributed by atoms with van der Waals surface area (Å²) in [6, 6.07) is 16.4. The molecule has 0 aliphatic rings. The van der Waals surface area contributed by atoms with Crippen molar-refractivity contribution in [3.8, 4) is 6.07 Å². The smallest absolute Gasteiger partial charge is 0.321 e. The van der Waals surface area contributed by atoms with Crippen molar-refractivity contribution in [2.75, 3.05) is 44.9 Å². The number of amides is 2. The Hall–Kier alpha value is -3.70. The number of anilines is 2. The molecule has 2 N–H and O–H groups in total. The molecule has 8 nitrogen and oxygen atoms in total. The molecule has 0 fully saturated rings. The van der Waals surface area contributed by atoms with Crippen molar-refractivity contribution >= 4 is 28.4 Å². The Morgan fingerprint density at radius 3 is 2.68 bits per heavy atom. The SMILES string of the molecule is CN(C)CCCNc1nc(CN(C)C(=O)Nc2cccc(C#N)c2)nc2ccccc12. The summed E-state index contributed by atoms with van der Waals surface area (Å²) in [6.07, 6.45) is 0.991. The van der Waals surface area contributed by atoms with E-state index in [0.717, 1.165) is 36.2 Å². The van der Waals surface area contributed by atoms with E-state index in [-0.39, 0.29) is 12.6 Å². The van der Waals surface area contributed by atoms with Gasteiger partial charge in [-0.1, -0.05) is 18.2 Å². The molecule has 3 rings (SSSR count). The number of nitrogens with zero attached hydrogens (tertiary/aromatic N) is 5. The summed E-state index contributed by atoms with van der Waals surface area (Å²) < 4.78 is 0. The molecule has 31 heavy (non-hydrogen) atoms. The fourth-order valence-electron chi connectivity index (χ4n) is 3.10. The van der Waals surface area contributed by atoms with E-state index >= 15 is 0 Å². The van der Waals surface area contributed by atoms with Gasteiger partial charge in [-0.2, -0.15) is 5.26 Å². The molecule has 1 heterocycles. The molecule has 1 aromatic heterocycles. The van der Waals surface area contributed by atoms with E-state index in [2.05, 4.69) is 45.7 Å². The molecular weight excluding hydrogens is 390 g/mol. The Labute approximate surface area is 182 Å². The van der Waals surface area contributed by atoms with Crippen molar-refractivity contribution in [1.29, 1.82) is 5.26 Å². The zero-order valence-corrected chi connectivity index (χ0v) is 18.1. The Morgan fingerprint density at radius 1 is 1.10 bits per heavy atom. The fraction of sp³-hybridized carbons (Fsp3) is 0.304. The van der Waals surface area contributed by atoms with Crippen LogP contribution in [-0.2, 0) is 6.54 Å². The zero-order chi connectivity index (χ0) is 22.2. The van der Waals surface area contributed by atoms with Crippen molar-refractivity contribution < 1.29 is 4.79 Å². The van der Waals surface area contributed by atoms with E-state index in [9.17, 15) is 4.79 Å². The van der Waals surface area contributed by atoms with Crippen LogP contribution in [0.25, 0.3) is 10.9 Å². The first kappa shape index (κ1) is 22.0. The van der Waals surface area contributed by atoms with Gasteiger partial charge in [0.15, 0.2) is 5.82 Å². The van der Waals surface area contributed by atoms with E-state index in [4.69, 9.17) is 5.26 Å². The second-order valence-electron chi connectivity index (χ2n) is 7.57. The number of nitrogens with one attached hydrogen (secondary N) is 2. The highest BCUT2D eigenvalue weighted by Crippen LogP contribution is 2.21. The molecule has 0 spiro atoms. The van der Waals surface area contributed by atoms with Gasteiger partial charge < -0.3 is 20.4 Å². The molecule has 0 aliphatic carbocycles. The maximum Gasteiger partial charge on any atom is 0.321 e. The minimum Gasteiger partial charge on any atom is -0.369 e. The third kappa shape index (κ3) is 6.14. The van der Waals surface area contributed by atoms with E-state index in [0.29, 0.717) is 17.1 Å². The Balaban J connectivity index is 1.72. The van der Waals surface area contributed by atoms with Crippen LogP contribution in [0.2, 0.25) is 0 Å². The molecule has 8 heteroatoms.